The first kappa shape index (κ1) is 19.7. The van der Waals surface area contributed by atoms with Crippen LogP contribution in [-0.2, 0) is 24.8 Å². The van der Waals surface area contributed by atoms with Crippen LogP contribution in [0.1, 0.15) is 11.3 Å². The van der Waals surface area contributed by atoms with Crippen molar-refractivity contribution >= 4 is 5.96 Å². The van der Waals surface area contributed by atoms with Gasteiger partial charge >= 0.3 is 0 Å². The Morgan fingerprint density at radius 3 is 2.71 bits per heavy atom. The smallest absolute Gasteiger partial charge is 0.191 e. The summed E-state index contributed by atoms with van der Waals surface area (Å²) < 4.78 is 12.3. The molecule has 2 aromatic heterocycles. The van der Waals surface area contributed by atoms with Crippen molar-refractivity contribution in [2.24, 2.45) is 12.0 Å². The first-order valence-electron chi connectivity index (χ1n) is 9.37. The average Bonchev–Trinajstić information content (AvgIpc) is 3.36. The van der Waals surface area contributed by atoms with Gasteiger partial charge in [0.15, 0.2) is 5.96 Å². The molecule has 0 aliphatic rings. The van der Waals surface area contributed by atoms with E-state index in [2.05, 4.69) is 27.9 Å². The molecule has 1 aromatic carbocycles. The summed E-state index contributed by atoms with van der Waals surface area (Å²) in [4.78, 5) is 4.74. The summed E-state index contributed by atoms with van der Waals surface area (Å²) in [5.41, 5.74) is 3.12. The third kappa shape index (κ3) is 5.72. The van der Waals surface area contributed by atoms with Gasteiger partial charge in [0.1, 0.15) is 5.76 Å². The second-order valence-corrected chi connectivity index (χ2v) is 6.38. The van der Waals surface area contributed by atoms with Crippen molar-refractivity contribution < 1.29 is 9.15 Å². The second kappa shape index (κ2) is 10.3. The predicted octanol–water partition coefficient (Wildman–Crippen LogP) is 2.60. The standard InChI is InChI=1S/C21H27N5O2/c1-26-16-18(20(25-26)17-7-4-3-5-8-17)15-24-21(23-12-14-27-2)22-11-10-19-9-6-13-28-19/h3-9,13,16H,10-12,14-15H2,1-2H3,(H2,22,23,24). The molecule has 0 bridgehead atoms. The third-order valence-corrected chi connectivity index (χ3v) is 4.20. The van der Waals surface area contributed by atoms with Crippen LogP contribution in [0.4, 0.5) is 0 Å². The molecule has 0 unspecified atom stereocenters. The van der Waals surface area contributed by atoms with Gasteiger partial charge in [0.05, 0.1) is 25.1 Å². The Hall–Kier alpha value is -3.06. The van der Waals surface area contributed by atoms with Gasteiger partial charge < -0.3 is 19.8 Å². The highest BCUT2D eigenvalue weighted by Crippen LogP contribution is 2.22. The fraction of sp³-hybridized carbons (Fsp3) is 0.333. The Morgan fingerprint density at radius 1 is 1.14 bits per heavy atom. The Morgan fingerprint density at radius 2 is 1.96 bits per heavy atom. The van der Waals surface area contributed by atoms with Gasteiger partial charge in [-0.05, 0) is 12.1 Å². The largest absolute Gasteiger partial charge is 0.469 e. The number of nitrogens with zero attached hydrogens (tertiary/aromatic N) is 3. The summed E-state index contributed by atoms with van der Waals surface area (Å²) in [5, 5.41) is 11.2. The number of benzene rings is 1. The van der Waals surface area contributed by atoms with Gasteiger partial charge in [-0.2, -0.15) is 5.10 Å². The number of aromatic nitrogens is 2. The number of rotatable bonds is 9. The SMILES string of the molecule is COCCNC(=NCc1cn(C)nc1-c1ccccc1)NCCc1ccco1. The second-order valence-electron chi connectivity index (χ2n) is 6.38. The lowest BCUT2D eigenvalue weighted by Gasteiger charge is -2.12. The molecule has 2 heterocycles. The molecule has 7 nitrogen and oxygen atoms in total. The normalized spacial score (nSPS) is 11.6. The highest BCUT2D eigenvalue weighted by molar-refractivity contribution is 5.80. The fourth-order valence-corrected chi connectivity index (χ4v) is 2.86. The minimum absolute atomic E-state index is 0.529. The van der Waals surface area contributed by atoms with Gasteiger partial charge in [0, 0.05) is 51.0 Å². The molecule has 2 N–H and O–H groups in total. The predicted molar refractivity (Wildman–Crippen MR) is 110 cm³/mol. The van der Waals surface area contributed by atoms with E-state index >= 15 is 0 Å². The maximum Gasteiger partial charge on any atom is 0.191 e. The van der Waals surface area contributed by atoms with Crippen molar-refractivity contribution in [2.75, 3.05) is 26.8 Å². The van der Waals surface area contributed by atoms with Crippen LogP contribution in [0.25, 0.3) is 11.3 Å². The van der Waals surface area contributed by atoms with E-state index in [1.807, 2.05) is 48.3 Å². The number of nitrogens with one attached hydrogen (secondary N) is 2. The van der Waals surface area contributed by atoms with Crippen LogP contribution in [0.15, 0.2) is 64.3 Å². The molecule has 0 aliphatic heterocycles. The van der Waals surface area contributed by atoms with Crippen molar-refractivity contribution in [3.63, 3.8) is 0 Å². The molecule has 0 radical (unpaired) electrons. The summed E-state index contributed by atoms with van der Waals surface area (Å²) in [6.07, 6.45) is 4.50. The van der Waals surface area contributed by atoms with Gasteiger partial charge in [-0.1, -0.05) is 30.3 Å². The Kier molecular flexibility index (Phi) is 7.26. The van der Waals surface area contributed by atoms with Crippen molar-refractivity contribution in [3.05, 3.63) is 66.2 Å². The number of aryl methyl sites for hydroxylation is 1. The molecule has 148 valence electrons. The van der Waals surface area contributed by atoms with Crippen LogP contribution in [0, 0.1) is 0 Å². The van der Waals surface area contributed by atoms with Gasteiger partial charge in [0.2, 0.25) is 0 Å². The molecule has 3 rings (SSSR count). The Bertz CT molecular complexity index is 856. The minimum Gasteiger partial charge on any atom is -0.469 e. The maximum atomic E-state index is 5.38. The zero-order chi connectivity index (χ0) is 19.6. The van der Waals surface area contributed by atoms with Crippen LogP contribution in [0.2, 0.25) is 0 Å². The summed E-state index contributed by atoms with van der Waals surface area (Å²) >= 11 is 0. The van der Waals surface area contributed by atoms with E-state index in [9.17, 15) is 0 Å². The quantitative estimate of drug-likeness (QED) is 0.338. The van der Waals surface area contributed by atoms with Gasteiger partial charge in [-0.15, -0.1) is 0 Å². The maximum absolute atomic E-state index is 5.38. The molecule has 0 amide bonds. The number of guanidine groups is 1. The summed E-state index contributed by atoms with van der Waals surface area (Å²) in [7, 11) is 3.61. The molecule has 7 heteroatoms. The van der Waals surface area contributed by atoms with E-state index < -0.39 is 0 Å². The van der Waals surface area contributed by atoms with Gasteiger partial charge in [-0.25, -0.2) is 4.99 Å². The molecular formula is C21H27N5O2. The van der Waals surface area contributed by atoms with Crippen molar-refractivity contribution in [1.29, 1.82) is 0 Å². The molecule has 0 saturated heterocycles. The van der Waals surface area contributed by atoms with E-state index in [0.29, 0.717) is 19.7 Å². The van der Waals surface area contributed by atoms with E-state index in [1.54, 1.807) is 13.4 Å². The van der Waals surface area contributed by atoms with Crippen LogP contribution >= 0.6 is 0 Å². The molecule has 0 aliphatic carbocycles. The lowest BCUT2D eigenvalue weighted by atomic mass is 10.1. The van der Waals surface area contributed by atoms with E-state index in [4.69, 9.17) is 14.1 Å². The zero-order valence-electron chi connectivity index (χ0n) is 16.4. The lowest BCUT2D eigenvalue weighted by molar-refractivity contribution is 0.203. The van der Waals surface area contributed by atoms with Crippen molar-refractivity contribution in [1.82, 2.24) is 20.4 Å². The molecule has 0 spiro atoms. The van der Waals surface area contributed by atoms with Gasteiger partial charge in [-0.3, -0.25) is 4.68 Å². The van der Waals surface area contributed by atoms with E-state index in [-0.39, 0.29) is 0 Å². The molecular weight excluding hydrogens is 354 g/mol. The summed E-state index contributed by atoms with van der Waals surface area (Å²) in [6, 6.07) is 14.0. The fourth-order valence-electron chi connectivity index (χ4n) is 2.86. The molecule has 28 heavy (non-hydrogen) atoms. The van der Waals surface area contributed by atoms with Crippen LogP contribution in [0.3, 0.4) is 0 Å². The van der Waals surface area contributed by atoms with E-state index in [1.165, 1.54) is 0 Å². The number of hydrogen-bond donors (Lipinski definition) is 2. The van der Waals surface area contributed by atoms with Crippen LogP contribution in [-0.4, -0.2) is 42.5 Å². The number of hydrogen-bond acceptors (Lipinski definition) is 4. The lowest BCUT2D eigenvalue weighted by Crippen LogP contribution is -2.40. The molecule has 0 saturated carbocycles. The minimum atomic E-state index is 0.529. The Balaban J connectivity index is 1.67. The topological polar surface area (TPSA) is 76.6 Å². The monoisotopic (exact) mass is 381 g/mol. The summed E-state index contributed by atoms with van der Waals surface area (Å²) in [6.45, 7) is 2.55. The van der Waals surface area contributed by atoms with E-state index in [0.717, 1.165) is 41.5 Å². The third-order valence-electron chi connectivity index (χ3n) is 4.20. The average molecular weight is 381 g/mol. The first-order chi connectivity index (χ1) is 13.8. The Labute approximate surface area is 165 Å². The summed E-state index contributed by atoms with van der Waals surface area (Å²) in [5.74, 6) is 1.69. The zero-order valence-corrected chi connectivity index (χ0v) is 16.4. The number of methoxy groups -OCH3 is 1. The van der Waals surface area contributed by atoms with Gasteiger partial charge in [0.25, 0.3) is 0 Å². The number of aliphatic imine (C=N–C) groups is 1. The number of ether oxygens (including phenoxy) is 1. The highest BCUT2D eigenvalue weighted by Gasteiger charge is 2.10. The van der Waals surface area contributed by atoms with Crippen molar-refractivity contribution in [2.45, 2.75) is 13.0 Å². The van der Waals surface area contributed by atoms with Crippen molar-refractivity contribution in [3.8, 4) is 11.3 Å². The van der Waals surface area contributed by atoms with Crippen LogP contribution < -0.4 is 10.6 Å². The first-order valence-corrected chi connectivity index (χ1v) is 9.37. The molecule has 0 atom stereocenters. The van der Waals surface area contributed by atoms with Crippen LogP contribution in [0.5, 0.6) is 0 Å². The highest BCUT2D eigenvalue weighted by atomic mass is 16.5. The molecule has 0 fully saturated rings. The number of furan rings is 1. The molecule has 3 aromatic rings.